The van der Waals surface area contributed by atoms with Crippen LogP contribution in [0.1, 0.15) is 34.6 Å². The van der Waals surface area contributed by atoms with Crippen LogP contribution in [0.4, 0.5) is 5.95 Å². The van der Waals surface area contributed by atoms with E-state index < -0.39 is 30.9 Å². The van der Waals surface area contributed by atoms with Crippen LogP contribution in [-0.4, -0.2) is 46.2 Å². The van der Waals surface area contributed by atoms with Gasteiger partial charge in [0.2, 0.25) is 5.95 Å². The third-order valence-corrected chi connectivity index (χ3v) is 6.58. The molecule has 146 valence electrons. The van der Waals surface area contributed by atoms with E-state index in [0.717, 1.165) is 0 Å². The second-order valence-electron chi connectivity index (χ2n) is 6.85. The second-order valence-corrected chi connectivity index (χ2v) is 9.00. The molecule has 0 amide bonds. The summed E-state index contributed by atoms with van der Waals surface area (Å²) < 4.78 is 19.6. The number of rotatable bonds is 7. The van der Waals surface area contributed by atoms with Gasteiger partial charge in [-0.15, -0.1) is 5.10 Å². The largest absolute Gasteiger partial charge is 0.368 e. The number of nitrogens with two attached hydrogens (primary N) is 1. The third kappa shape index (κ3) is 3.70. The number of nitrogens with zero attached hydrogens (tertiary/aromatic N) is 5. The maximum absolute atomic E-state index is 12.3. The van der Waals surface area contributed by atoms with Crippen molar-refractivity contribution in [1.82, 2.24) is 25.0 Å². The number of ether oxygens (including phenoxy) is 1. The summed E-state index contributed by atoms with van der Waals surface area (Å²) in [5.74, 6) is -0.843. The molecule has 26 heavy (non-hydrogen) atoms. The van der Waals surface area contributed by atoms with Crippen molar-refractivity contribution in [2.75, 3.05) is 5.73 Å². The fraction of sp³-hybridized carbons (Fsp3) is 0.714. The molecular formula is C14H24ClN6O4P. The van der Waals surface area contributed by atoms with Gasteiger partial charge in [-0.1, -0.05) is 44.5 Å². The van der Waals surface area contributed by atoms with Gasteiger partial charge in [-0.3, -0.25) is 4.57 Å². The molecule has 0 fully saturated rings. The fourth-order valence-corrected chi connectivity index (χ4v) is 5.12. The Balaban J connectivity index is 2.35. The molecule has 0 bridgehead atoms. The normalized spacial score (nSPS) is 14.5. The van der Waals surface area contributed by atoms with Crippen LogP contribution in [0.5, 0.6) is 0 Å². The van der Waals surface area contributed by atoms with Crippen molar-refractivity contribution in [3.8, 4) is 0 Å². The summed E-state index contributed by atoms with van der Waals surface area (Å²) in [7, 11) is -4.56. The average Bonchev–Trinajstić information content (AvgIpc) is 2.85. The molecule has 2 rings (SSSR count). The van der Waals surface area contributed by atoms with E-state index in [-0.39, 0.29) is 17.6 Å². The predicted molar refractivity (Wildman–Crippen MR) is 97.5 cm³/mol. The van der Waals surface area contributed by atoms with E-state index in [1.54, 1.807) is 34.6 Å². The van der Waals surface area contributed by atoms with Crippen LogP contribution in [0.15, 0.2) is 0 Å². The smallest absolute Gasteiger partial charge is 0.357 e. The first-order valence-corrected chi connectivity index (χ1v) is 10.1. The minimum absolute atomic E-state index is 0.0199. The van der Waals surface area contributed by atoms with Crippen LogP contribution in [0.25, 0.3) is 11.2 Å². The minimum Gasteiger partial charge on any atom is -0.368 e. The fourth-order valence-electron chi connectivity index (χ4n) is 3.25. The first-order chi connectivity index (χ1) is 11.9. The Kier molecular flexibility index (Phi) is 5.94. The molecule has 0 radical (unpaired) electrons. The van der Waals surface area contributed by atoms with Gasteiger partial charge in [-0.25, -0.2) is 4.68 Å². The monoisotopic (exact) mass is 406 g/mol. The van der Waals surface area contributed by atoms with Gasteiger partial charge in [0.15, 0.2) is 21.7 Å². The van der Waals surface area contributed by atoms with Gasteiger partial charge in [0.1, 0.15) is 0 Å². The SMILES string of the molecule is CC(Cn1nnc2c(Cl)nc(N)nc21)OC(C(C)C)(C(C)C)P(=O)(O)O. The molecule has 1 atom stereocenters. The van der Waals surface area contributed by atoms with Crippen molar-refractivity contribution in [1.29, 1.82) is 0 Å². The second kappa shape index (κ2) is 7.36. The average molecular weight is 407 g/mol. The molecule has 0 saturated carbocycles. The lowest BCUT2D eigenvalue weighted by Gasteiger charge is -2.42. The van der Waals surface area contributed by atoms with Crippen molar-refractivity contribution in [3.63, 3.8) is 0 Å². The van der Waals surface area contributed by atoms with Crippen LogP contribution in [-0.2, 0) is 15.8 Å². The molecule has 10 nitrogen and oxygen atoms in total. The number of hydrogen-bond donors (Lipinski definition) is 3. The lowest BCUT2D eigenvalue weighted by Crippen LogP contribution is -2.46. The Bertz CT molecular complexity index is 828. The van der Waals surface area contributed by atoms with Gasteiger partial charge in [0.05, 0.1) is 12.6 Å². The van der Waals surface area contributed by atoms with Crippen LogP contribution < -0.4 is 5.73 Å². The van der Waals surface area contributed by atoms with E-state index in [4.69, 9.17) is 22.1 Å². The van der Waals surface area contributed by atoms with Crippen LogP contribution >= 0.6 is 19.2 Å². The zero-order chi connectivity index (χ0) is 19.9. The van der Waals surface area contributed by atoms with E-state index in [0.29, 0.717) is 11.2 Å². The van der Waals surface area contributed by atoms with E-state index >= 15 is 0 Å². The number of nitrogen functional groups attached to an aromatic ring is 1. The van der Waals surface area contributed by atoms with Gasteiger partial charge < -0.3 is 20.3 Å². The highest BCUT2D eigenvalue weighted by atomic mass is 35.5. The summed E-state index contributed by atoms with van der Waals surface area (Å²) in [6, 6.07) is 0. The van der Waals surface area contributed by atoms with Gasteiger partial charge >= 0.3 is 7.60 Å². The zero-order valence-corrected chi connectivity index (χ0v) is 16.9. The lowest BCUT2D eigenvalue weighted by atomic mass is 9.95. The molecule has 0 aromatic carbocycles. The standard InChI is InChI=1S/C14H24ClN6O4P/c1-7(2)14(8(3)4,26(22,23)24)25-9(5)6-21-12-10(19-20-21)11(15)17-13(16)18-12/h7-9H,6H2,1-5H3,(H2,16,17,18)(H2,22,23,24). The zero-order valence-electron chi connectivity index (χ0n) is 15.3. The Morgan fingerprint density at radius 1 is 1.23 bits per heavy atom. The topological polar surface area (TPSA) is 149 Å². The van der Waals surface area contributed by atoms with Crippen LogP contribution in [0, 0.1) is 11.8 Å². The van der Waals surface area contributed by atoms with E-state index in [1.165, 1.54) is 4.68 Å². The molecule has 1 unspecified atom stereocenters. The summed E-state index contributed by atoms with van der Waals surface area (Å²) in [5.41, 5.74) is 6.23. The summed E-state index contributed by atoms with van der Waals surface area (Å²) >= 11 is 5.98. The van der Waals surface area contributed by atoms with Crippen molar-refractivity contribution in [2.24, 2.45) is 11.8 Å². The summed E-state index contributed by atoms with van der Waals surface area (Å²) in [6.07, 6.45) is -0.590. The molecule has 0 aliphatic heterocycles. The molecule has 0 spiro atoms. The highest BCUT2D eigenvalue weighted by Gasteiger charge is 2.54. The Labute approximate surface area is 156 Å². The maximum atomic E-state index is 12.3. The molecule has 2 aromatic rings. The Hall–Kier alpha value is -1.32. The highest BCUT2D eigenvalue weighted by Crippen LogP contribution is 2.59. The number of aromatic nitrogens is 5. The summed E-state index contributed by atoms with van der Waals surface area (Å²) in [4.78, 5) is 27.9. The van der Waals surface area contributed by atoms with Crippen LogP contribution in [0.3, 0.4) is 0 Å². The molecule has 0 aliphatic rings. The summed E-state index contributed by atoms with van der Waals surface area (Å²) in [6.45, 7) is 8.77. The number of anilines is 1. The first-order valence-electron chi connectivity index (χ1n) is 8.15. The predicted octanol–water partition coefficient (Wildman–Crippen LogP) is 2.05. The molecular weight excluding hydrogens is 383 g/mol. The minimum atomic E-state index is -4.56. The molecule has 0 saturated heterocycles. The van der Waals surface area contributed by atoms with Crippen molar-refractivity contribution >= 4 is 36.3 Å². The van der Waals surface area contributed by atoms with Gasteiger partial charge in [0, 0.05) is 0 Å². The number of fused-ring (bicyclic) bond motifs is 1. The van der Waals surface area contributed by atoms with E-state index in [1.807, 2.05) is 0 Å². The lowest BCUT2D eigenvalue weighted by molar-refractivity contribution is -0.104. The molecule has 2 heterocycles. The Morgan fingerprint density at radius 3 is 2.31 bits per heavy atom. The quantitative estimate of drug-likeness (QED) is 0.463. The van der Waals surface area contributed by atoms with Crippen molar-refractivity contribution < 1.29 is 19.1 Å². The number of halogens is 1. The third-order valence-electron chi connectivity index (χ3n) is 4.27. The number of hydrogen-bond acceptors (Lipinski definition) is 7. The molecule has 0 aliphatic carbocycles. The van der Waals surface area contributed by atoms with Crippen molar-refractivity contribution in [3.05, 3.63) is 5.15 Å². The van der Waals surface area contributed by atoms with E-state index in [2.05, 4.69) is 20.3 Å². The highest BCUT2D eigenvalue weighted by molar-refractivity contribution is 7.53. The van der Waals surface area contributed by atoms with Gasteiger partial charge in [-0.05, 0) is 18.8 Å². The van der Waals surface area contributed by atoms with Gasteiger partial charge in [0.25, 0.3) is 0 Å². The van der Waals surface area contributed by atoms with Crippen molar-refractivity contribution in [2.45, 2.75) is 52.6 Å². The molecule has 12 heteroatoms. The molecule has 2 aromatic heterocycles. The Morgan fingerprint density at radius 2 is 1.81 bits per heavy atom. The first kappa shape index (κ1) is 21.0. The summed E-state index contributed by atoms with van der Waals surface area (Å²) in [5, 5.41) is 6.36. The molecule has 4 N–H and O–H groups in total. The van der Waals surface area contributed by atoms with Gasteiger partial charge in [-0.2, -0.15) is 9.97 Å². The maximum Gasteiger partial charge on any atom is 0.357 e. The van der Waals surface area contributed by atoms with Crippen LogP contribution in [0.2, 0.25) is 5.15 Å². The van der Waals surface area contributed by atoms with E-state index in [9.17, 15) is 14.4 Å².